The molecule has 110 valence electrons. The number of nitrogen functional groups attached to an aromatic ring is 1. The number of carbonyl (C=O) groups is 1. The summed E-state index contributed by atoms with van der Waals surface area (Å²) >= 11 is 0. The minimum Gasteiger partial charge on any atom is -0.396 e. The Labute approximate surface area is 124 Å². The van der Waals surface area contributed by atoms with Gasteiger partial charge in [0, 0.05) is 11.3 Å². The zero-order valence-electron chi connectivity index (χ0n) is 12.4. The smallest absolute Gasteiger partial charge is 0.255 e. The van der Waals surface area contributed by atoms with Gasteiger partial charge >= 0.3 is 0 Å². The number of anilines is 2. The van der Waals surface area contributed by atoms with Gasteiger partial charge < -0.3 is 11.1 Å². The second-order valence-corrected chi connectivity index (χ2v) is 5.38. The van der Waals surface area contributed by atoms with Gasteiger partial charge in [0.15, 0.2) is 0 Å². The Morgan fingerprint density at radius 2 is 1.95 bits per heavy atom. The van der Waals surface area contributed by atoms with E-state index in [1.807, 2.05) is 25.1 Å². The number of hydrogen-bond acceptors (Lipinski definition) is 2. The average molecular weight is 286 g/mol. The minimum atomic E-state index is -0.587. The molecule has 0 unspecified atom stereocenters. The molecule has 0 atom stereocenters. The normalized spacial score (nSPS) is 10.7. The van der Waals surface area contributed by atoms with Crippen molar-refractivity contribution in [1.29, 1.82) is 0 Å². The minimum absolute atomic E-state index is 0.0327. The Hall–Kier alpha value is -2.36. The Balaban J connectivity index is 2.33. The summed E-state index contributed by atoms with van der Waals surface area (Å²) in [5, 5.41) is 2.88. The highest BCUT2D eigenvalue weighted by molar-refractivity contribution is 6.05. The Bertz CT molecular complexity index is 680. The predicted molar refractivity (Wildman–Crippen MR) is 84.0 cm³/mol. The number of nitrogens with one attached hydrogen (secondary N) is 1. The number of benzene rings is 2. The summed E-state index contributed by atoms with van der Waals surface area (Å²) < 4.78 is 13.5. The SMILES string of the molecule is Cc1cccc(C(C)C)c1NC(=O)c1ccc(N)c(F)c1. The van der Waals surface area contributed by atoms with Crippen LogP contribution in [0.5, 0.6) is 0 Å². The molecule has 0 saturated carbocycles. The van der Waals surface area contributed by atoms with E-state index in [1.165, 1.54) is 12.1 Å². The van der Waals surface area contributed by atoms with Crippen molar-refractivity contribution in [2.45, 2.75) is 26.7 Å². The fourth-order valence-electron chi connectivity index (χ4n) is 2.20. The fourth-order valence-corrected chi connectivity index (χ4v) is 2.20. The Morgan fingerprint density at radius 1 is 1.24 bits per heavy atom. The molecule has 21 heavy (non-hydrogen) atoms. The molecular formula is C17H19FN2O. The number of carbonyl (C=O) groups excluding carboxylic acids is 1. The van der Waals surface area contributed by atoms with Gasteiger partial charge in [-0.2, -0.15) is 0 Å². The maximum atomic E-state index is 13.5. The number of amides is 1. The summed E-state index contributed by atoms with van der Waals surface area (Å²) in [5.41, 5.74) is 8.52. The molecule has 0 saturated heterocycles. The number of para-hydroxylation sites is 1. The second kappa shape index (κ2) is 5.95. The van der Waals surface area contributed by atoms with E-state index in [-0.39, 0.29) is 23.1 Å². The molecule has 0 aliphatic rings. The number of halogens is 1. The molecule has 0 aliphatic heterocycles. The van der Waals surface area contributed by atoms with Crippen LogP contribution in [0.25, 0.3) is 0 Å². The quantitative estimate of drug-likeness (QED) is 0.835. The van der Waals surface area contributed by atoms with Crippen molar-refractivity contribution < 1.29 is 9.18 Å². The fraction of sp³-hybridized carbons (Fsp3) is 0.235. The van der Waals surface area contributed by atoms with Crippen LogP contribution in [0.3, 0.4) is 0 Å². The molecule has 0 bridgehead atoms. The predicted octanol–water partition coefficient (Wildman–Crippen LogP) is 4.09. The van der Waals surface area contributed by atoms with Gasteiger partial charge in [-0.3, -0.25) is 4.79 Å². The summed E-state index contributed by atoms with van der Waals surface area (Å²) in [6, 6.07) is 9.94. The first-order chi connectivity index (χ1) is 9.90. The highest BCUT2D eigenvalue weighted by atomic mass is 19.1. The molecule has 2 aromatic carbocycles. The van der Waals surface area contributed by atoms with Crippen LogP contribution in [-0.4, -0.2) is 5.91 Å². The lowest BCUT2D eigenvalue weighted by molar-refractivity contribution is 0.102. The van der Waals surface area contributed by atoms with Crippen molar-refractivity contribution in [3.8, 4) is 0 Å². The van der Waals surface area contributed by atoms with Crippen LogP contribution in [0, 0.1) is 12.7 Å². The van der Waals surface area contributed by atoms with Crippen molar-refractivity contribution in [1.82, 2.24) is 0 Å². The van der Waals surface area contributed by atoms with E-state index in [9.17, 15) is 9.18 Å². The van der Waals surface area contributed by atoms with E-state index in [4.69, 9.17) is 5.73 Å². The van der Waals surface area contributed by atoms with Crippen LogP contribution >= 0.6 is 0 Å². The van der Waals surface area contributed by atoms with Crippen LogP contribution in [0.4, 0.5) is 15.8 Å². The topological polar surface area (TPSA) is 55.1 Å². The average Bonchev–Trinajstić information content (AvgIpc) is 2.43. The number of nitrogens with two attached hydrogens (primary N) is 1. The van der Waals surface area contributed by atoms with Crippen LogP contribution < -0.4 is 11.1 Å². The highest BCUT2D eigenvalue weighted by Crippen LogP contribution is 2.28. The van der Waals surface area contributed by atoms with Crippen molar-refractivity contribution in [2.24, 2.45) is 0 Å². The van der Waals surface area contributed by atoms with Gasteiger partial charge in [0.1, 0.15) is 5.82 Å². The van der Waals surface area contributed by atoms with Crippen molar-refractivity contribution in [3.63, 3.8) is 0 Å². The summed E-state index contributed by atoms with van der Waals surface area (Å²) in [6.45, 7) is 6.06. The van der Waals surface area contributed by atoms with Gasteiger partial charge in [-0.25, -0.2) is 4.39 Å². The Kier molecular flexibility index (Phi) is 4.26. The van der Waals surface area contributed by atoms with Crippen molar-refractivity contribution in [2.75, 3.05) is 11.1 Å². The molecule has 3 nitrogen and oxygen atoms in total. The zero-order valence-corrected chi connectivity index (χ0v) is 12.4. The van der Waals surface area contributed by atoms with E-state index in [1.54, 1.807) is 0 Å². The van der Waals surface area contributed by atoms with E-state index in [0.29, 0.717) is 0 Å². The largest absolute Gasteiger partial charge is 0.396 e. The second-order valence-electron chi connectivity index (χ2n) is 5.38. The molecule has 0 fully saturated rings. The first-order valence-electron chi connectivity index (χ1n) is 6.86. The Morgan fingerprint density at radius 3 is 2.57 bits per heavy atom. The molecule has 0 heterocycles. The van der Waals surface area contributed by atoms with E-state index < -0.39 is 5.82 Å². The number of hydrogen-bond donors (Lipinski definition) is 2. The lowest BCUT2D eigenvalue weighted by atomic mass is 9.98. The van der Waals surface area contributed by atoms with E-state index >= 15 is 0 Å². The molecular weight excluding hydrogens is 267 g/mol. The van der Waals surface area contributed by atoms with Crippen molar-refractivity contribution >= 4 is 17.3 Å². The third-order valence-corrected chi connectivity index (χ3v) is 3.43. The monoisotopic (exact) mass is 286 g/mol. The summed E-state index contributed by atoms with van der Waals surface area (Å²) in [6.07, 6.45) is 0. The lowest BCUT2D eigenvalue weighted by Crippen LogP contribution is -2.15. The number of aryl methyl sites for hydroxylation is 1. The van der Waals surface area contributed by atoms with Crippen LogP contribution in [0.2, 0.25) is 0 Å². The van der Waals surface area contributed by atoms with Gasteiger partial charge in [-0.1, -0.05) is 32.0 Å². The van der Waals surface area contributed by atoms with Gasteiger partial charge in [0.05, 0.1) is 5.69 Å². The van der Waals surface area contributed by atoms with E-state index in [2.05, 4.69) is 19.2 Å². The maximum absolute atomic E-state index is 13.5. The van der Waals surface area contributed by atoms with E-state index in [0.717, 1.165) is 22.9 Å². The molecule has 4 heteroatoms. The standard InChI is InChI=1S/C17H19FN2O/c1-10(2)13-6-4-5-11(3)16(13)20-17(21)12-7-8-15(19)14(18)9-12/h4-10H,19H2,1-3H3,(H,20,21). The first kappa shape index (κ1) is 15.0. The highest BCUT2D eigenvalue weighted by Gasteiger charge is 2.14. The molecule has 0 aromatic heterocycles. The molecule has 1 amide bonds. The molecule has 2 rings (SSSR count). The maximum Gasteiger partial charge on any atom is 0.255 e. The van der Waals surface area contributed by atoms with Crippen LogP contribution in [-0.2, 0) is 0 Å². The molecule has 0 spiro atoms. The first-order valence-corrected chi connectivity index (χ1v) is 6.86. The molecule has 3 N–H and O–H groups in total. The van der Waals surface area contributed by atoms with Gasteiger partial charge in [0.25, 0.3) is 5.91 Å². The van der Waals surface area contributed by atoms with Gasteiger partial charge in [0.2, 0.25) is 0 Å². The molecule has 2 aromatic rings. The molecule has 0 aliphatic carbocycles. The third-order valence-electron chi connectivity index (χ3n) is 3.43. The van der Waals surface area contributed by atoms with Crippen molar-refractivity contribution in [3.05, 3.63) is 58.9 Å². The summed E-state index contributed by atoms with van der Waals surface area (Å²) in [5.74, 6) is -0.648. The van der Waals surface area contributed by atoms with Gasteiger partial charge in [-0.15, -0.1) is 0 Å². The van der Waals surface area contributed by atoms with Crippen LogP contribution in [0.1, 0.15) is 41.3 Å². The number of rotatable bonds is 3. The summed E-state index contributed by atoms with van der Waals surface area (Å²) in [4.78, 5) is 12.3. The molecule has 0 radical (unpaired) electrons. The zero-order chi connectivity index (χ0) is 15.6. The summed E-state index contributed by atoms with van der Waals surface area (Å²) in [7, 11) is 0. The van der Waals surface area contributed by atoms with Crippen LogP contribution in [0.15, 0.2) is 36.4 Å². The lowest BCUT2D eigenvalue weighted by Gasteiger charge is -2.16. The van der Waals surface area contributed by atoms with Gasteiger partial charge in [-0.05, 0) is 42.2 Å². The third kappa shape index (κ3) is 3.21.